The first-order valence-corrected chi connectivity index (χ1v) is 7.66. The van der Waals surface area contributed by atoms with Crippen LogP contribution in [0.15, 0.2) is 36.2 Å². The Kier molecular flexibility index (Phi) is 6.50. The third kappa shape index (κ3) is 4.69. The Bertz CT molecular complexity index is 654. The minimum absolute atomic E-state index is 0.0978. The molecule has 142 valence electrons. The lowest BCUT2D eigenvalue weighted by atomic mass is 10.1. The molecule has 0 aromatic heterocycles. The number of carbonyl (C=O) groups is 3. The van der Waals surface area contributed by atoms with Crippen molar-refractivity contribution in [3.63, 3.8) is 0 Å². The maximum atomic E-state index is 11.5. The van der Waals surface area contributed by atoms with Gasteiger partial charge in [-0.25, -0.2) is 14.4 Å². The lowest BCUT2D eigenvalue weighted by Crippen LogP contribution is -2.40. The van der Waals surface area contributed by atoms with Crippen LogP contribution in [0.1, 0.15) is 6.42 Å². The highest BCUT2D eigenvalue weighted by atomic mass is 16.6. The molecule has 1 fully saturated rings. The molecule has 0 saturated carbocycles. The number of carboxylic acid groups (broad SMARTS) is 1. The minimum atomic E-state index is -1.35. The molecule has 0 aliphatic carbocycles. The molecule has 0 aromatic carbocycles. The highest BCUT2D eigenvalue weighted by Crippen LogP contribution is 2.27. The van der Waals surface area contributed by atoms with Crippen molar-refractivity contribution in [2.75, 3.05) is 13.7 Å². The topological polar surface area (TPSA) is 143 Å². The van der Waals surface area contributed by atoms with Crippen molar-refractivity contribution >= 4 is 17.9 Å². The molecule has 2 aliphatic rings. The molecule has 2 rings (SSSR count). The second-order valence-corrected chi connectivity index (χ2v) is 5.53. The molecular formula is C16H19NO9. The molecule has 2 aliphatic heterocycles. The zero-order chi connectivity index (χ0) is 19.3. The smallest absolute Gasteiger partial charge is 0.333 e. The Morgan fingerprint density at radius 3 is 2.62 bits per heavy atom. The summed E-state index contributed by atoms with van der Waals surface area (Å²) >= 11 is 0. The zero-order valence-corrected chi connectivity index (χ0v) is 13.8. The van der Waals surface area contributed by atoms with E-state index < -0.39 is 42.4 Å². The number of esters is 2. The average Bonchev–Trinajstić information content (AvgIpc) is 2.92. The van der Waals surface area contributed by atoms with Gasteiger partial charge in [-0.3, -0.25) is 0 Å². The number of carboxylic acids is 1. The van der Waals surface area contributed by atoms with Gasteiger partial charge in [0.15, 0.2) is 6.23 Å². The van der Waals surface area contributed by atoms with E-state index in [1.807, 2.05) is 0 Å². The maximum absolute atomic E-state index is 11.5. The SMILES string of the molecule is COC(=O)/C=C/C(=O)OC[C@H]1O[C@@H](N2C=CCC(C(=O)O)=C2)[C@H](O)[C@@H]1O. The molecule has 1 saturated heterocycles. The number of aliphatic hydroxyl groups excluding tert-OH is 2. The first-order chi connectivity index (χ1) is 12.3. The quantitative estimate of drug-likeness (QED) is 0.390. The monoisotopic (exact) mass is 369 g/mol. The summed E-state index contributed by atoms with van der Waals surface area (Å²) in [7, 11) is 1.15. The fourth-order valence-electron chi connectivity index (χ4n) is 2.41. The number of carbonyl (C=O) groups excluding carboxylic acids is 2. The fourth-order valence-corrected chi connectivity index (χ4v) is 2.41. The molecule has 10 heteroatoms. The number of rotatable bonds is 6. The van der Waals surface area contributed by atoms with E-state index in [2.05, 4.69) is 4.74 Å². The molecule has 26 heavy (non-hydrogen) atoms. The first kappa shape index (κ1) is 19.6. The average molecular weight is 369 g/mol. The van der Waals surface area contributed by atoms with Crippen molar-refractivity contribution in [1.29, 1.82) is 0 Å². The van der Waals surface area contributed by atoms with Crippen LogP contribution in [0.3, 0.4) is 0 Å². The summed E-state index contributed by atoms with van der Waals surface area (Å²) in [5.74, 6) is -2.68. The second-order valence-electron chi connectivity index (χ2n) is 5.53. The summed E-state index contributed by atoms with van der Waals surface area (Å²) in [6.45, 7) is -0.369. The standard InChI is InChI=1S/C16H19NO9/c1-24-11(18)4-5-12(19)25-8-10-13(20)14(21)15(26-10)17-6-2-3-9(7-17)16(22)23/h2,4-7,10,13-15,20-21H,3,8H2,1H3,(H,22,23)/b5-4+/t10-,13-,14-,15-/m1/s1. The Hall–Kier alpha value is -2.69. The molecule has 0 spiro atoms. The Balaban J connectivity index is 1.95. The van der Waals surface area contributed by atoms with Gasteiger partial charge in [-0.05, 0) is 0 Å². The van der Waals surface area contributed by atoms with Crippen LogP contribution in [0.4, 0.5) is 0 Å². The van der Waals surface area contributed by atoms with E-state index in [1.165, 1.54) is 17.3 Å². The predicted octanol–water partition coefficient (Wildman–Crippen LogP) is -1.11. The van der Waals surface area contributed by atoms with Crippen LogP contribution in [0.2, 0.25) is 0 Å². The van der Waals surface area contributed by atoms with Crippen LogP contribution in [0, 0.1) is 0 Å². The molecule has 0 aromatic rings. The first-order valence-electron chi connectivity index (χ1n) is 7.66. The molecule has 4 atom stereocenters. The number of aliphatic hydroxyl groups is 2. The van der Waals surface area contributed by atoms with Gasteiger partial charge < -0.3 is 34.4 Å². The van der Waals surface area contributed by atoms with Crippen molar-refractivity contribution < 1.29 is 43.9 Å². The summed E-state index contributed by atoms with van der Waals surface area (Å²) in [6.07, 6.45) is 1.61. The second kappa shape index (κ2) is 8.61. The summed E-state index contributed by atoms with van der Waals surface area (Å²) in [4.78, 5) is 34.8. The van der Waals surface area contributed by atoms with Gasteiger partial charge in [-0.2, -0.15) is 0 Å². The number of allylic oxidation sites excluding steroid dienone is 1. The maximum Gasteiger partial charge on any atom is 0.333 e. The van der Waals surface area contributed by atoms with Crippen molar-refractivity contribution in [3.8, 4) is 0 Å². The fraction of sp³-hybridized carbons (Fsp3) is 0.438. The lowest BCUT2D eigenvalue weighted by Gasteiger charge is -2.28. The Morgan fingerprint density at radius 2 is 1.96 bits per heavy atom. The van der Waals surface area contributed by atoms with Crippen LogP contribution in [0.5, 0.6) is 0 Å². The van der Waals surface area contributed by atoms with E-state index in [0.717, 1.165) is 19.3 Å². The third-order valence-corrected chi connectivity index (χ3v) is 3.77. The van der Waals surface area contributed by atoms with E-state index in [4.69, 9.17) is 14.6 Å². The van der Waals surface area contributed by atoms with Crippen LogP contribution in [-0.2, 0) is 28.6 Å². The van der Waals surface area contributed by atoms with E-state index in [0.29, 0.717) is 0 Å². The molecule has 0 bridgehead atoms. The van der Waals surface area contributed by atoms with Crippen molar-refractivity contribution in [1.82, 2.24) is 4.90 Å². The van der Waals surface area contributed by atoms with E-state index >= 15 is 0 Å². The van der Waals surface area contributed by atoms with Gasteiger partial charge in [0.25, 0.3) is 0 Å². The van der Waals surface area contributed by atoms with Crippen LogP contribution in [0.25, 0.3) is 0 Å². The largest absolute Gasteiger partial charge is 0.478 e. The normalized spacial score (nSPS) is 28.1. The molecule has 2 heterocycles. The van der Waals surface area contributed by atoms with Gasteiger partial charge in [0.1, 0.15) is 24.9 Å². The van der Waals surface area contributed by atoms with Crippen LogP contribution < -0.4 is 0 Å². The van der Waals surface area contributed by atoms with Crippen molar-refractivity contribution in [3.05, 3.63) is 36.2 Å². The predicted molar refractivity (Wildman–Crippen MR) is 84.1 cm³/mol. The van der Waals surface area contributed by atoms with Gasteiger partial charge >= 0.3 is 17.9 Å². The van der Waals surface area contributed by atoms with Gasteiger partial charge in [-0.15, -0.1) is 0 Å². The lowest BCUT2D eigenvalue weighted by molar-refractivity contribution is -0.145. The van der Waals surface area contributed by atoms with Crippen LogP contribution in [-0.4, -0.2) is 76.4 Å². The van der Waals surface area contributed by atoms with Gasteiger partial charge in [-0.1, -0.05) is 6.08 Å². The van der Waals surface area contributed by atoms with Crippen LogP contribution >= 0.6 is 0 Å². The molecule has 0 unspecified atom stereocenters. The number of aliphatic carboxylic acids is 1. The Morgan fingerprint density at radius 1 is 1.27 bits per heavy atom. The van der Waals surface area contributed by atoms with Gasteiger partial charge in [0.05, 0.1) is 12.7 Å². The minimum Gasteiger partial charge on any atom is -0.478 e. The van der Waals surface area contributed by atoms with Crippen molar-refractivity contribution in [2.45, 2.75) is 31.0 Å². The molecule has 10 nitrogen and oxygen atoms in total. The highest BCUT2D eigenvalue weighted by molar-refractivity contribution is 5.91. The summed E-state index contributed by atoms with van der Waals surface area (Å²) in [5, 5.41) is 29.2. The number of ether oxygens (including phenoxy) is 3. The number of methoxy groups -OCH3 is 1. The Labute approximate surface area is 148 Å². The van der Waals surface area contributed by atoms with E-state index in [-0.39, 0.29) is 18.6 Å². The zero-order valence-electron chi connectivity index (χ0n) is 13.8. The highest BCUT2D eigenvalue weighted by Gasteiger charge is 2.45. The van der Waals surface area contributed by atoms with Gasteiger partial charge in [0.2, 0.25) is 0 Å². The summed E-state index contributed by atoms with van der Waals surface area (Å²) in [6, 6.07) is 0. The number of hydrogen-bond donors (Lipinski definition) is 3. The molecule has 3 N–H and O–H groups in total. The summed E-state index contributed by atoms with van der Waals surface area (Å²) in [5.41, 5.74) is 0.0978. The number of hydrogen-bond acceptors (Lipinski definition) is 9. The third-order valence-electron chi connectivity index (χ3n) is 3.77. The van der Waals surface area contributed by atoms with E-state index in [9.17, 15) is 24.6 Å². The van der Waals surface area contributed by atoms with Crippen molar-refractivity contribution in [2.24, 2.45) is 0 Å². The van der Waals surface area contributed by atoms with Gasteiger partial charge in [0, 0.05) is 31.0 Å². The molecular weight excluding hydrogens is 350 g/mol. The molecule has 0 amide bonds. The summed E-state index contributed by atoms with van der Waals surface area (Å²) < 4.78 is 14.7. The van der Waals surface area contributed by atoms with E-state index in [1.54, 1.807) is 6.08 Å². The molecule has 0 radical (unpaired) electrons. The number of nitrogens with zero attached hydrogens (tertiary/aromatic N) is 1.